The molecule has 6 rings (SSSR count). The molecule has 0 bridgehead atoms. The van der Waals surface area contributed by atoms with Crippen LogP contribution in [0.3, 0.4) is 0 Å². The van der Waals surface area contributed by atoms with Crippen molar-refractivity contribution in [2.24, 2.45) is 0 Å². The summed E-state index contributed by atoms with van der Waals surface area (Å²) in [7, 11) is 0. The number of carboxylic acids is 1. The number of amides is 2. The van der Waals surface area contributed by atoms with Crippen molar-refractivity contribution in [3.8, 4) is 16.9 Å². The summed E-state index contributed by atoms with van der Waals surface area (Å²) < 4.78 is 68.6. The molecule has 6 N–H and O–H groups in total. The van der Waals surface area contributed by atoms with Crippen molar-refractivity contribution in [1.29, 1.82) is 0 Å². The van der Waals surface area contributed by atoms with Crippen molar-refractivity contribution in [2.75, 3.05) is 43.4 Å². The Hall–Kier alpha value is -6.37. The third-order valence-corrected chi connectivity index (χ3v) is 11.1. The number of anilines is 2. The number of aliphatic carboxylic acids is 1. The Bertz CT molecular complexity index is 2450. The first-order valence-electron chi connectivity index (χ1n) is 20.2. The van der Waals surface area contributed by atoms with E-state index in [0.717, 1.165) is 72.3 Å². The molecule has 0 spiro atoms. The second-order valence-electron chi connectivity index (χ2n) is 15.1. The summed E-state index contributed by atoms with van der Waals surface area (Å²) >= 11 is 0. The first-order valence-corrected chi connectivity index (χ1v) is 20.2. The number of H-pyrrole nitrogens is 1. The van der Waals surface area contributed by atoms with Crippen molar-refractivity contribution < 1.29 is 60.9 Å². The normalized spacial score (nSPS) is 14.3. The van der Waals surface area contributed by atoms with Crippen LogP contribution in [0.1, 0.15) is 55.9 Å². The van der Waals surface area contributed by atoms with Gasteiger partial charge >= 0.3 is 12.3 Å². The second-order valence-corrected chi connectivity index (χ2v) is 15.1. The molecule has 0 aliphatic carbocycles. The van der Waals surface area contributed by atoms with Gasteiger partial charge in [0.2, 0.25) is 11.5 Å². The van der Waals surface area contributed by atoms with Crippen LogP contribution in [0.4, 0.5) is 38.1 Å². The molecule has 336 valence electrons. The van der Waals surface area contributed by atoms with Crippen LogP contribution in [-0.4, -0.2) is 82.7 Å². The van der Waals surface area contributed by atoms with Crippen molar-refractivity contribution in [3.05, 3.63) is 124 Å². The van der Waals surface area contributed by atoms with E-state index in [0.29, 0.717) is 16.6 Å². The zero-order valence-corrected chi connectivity index (χ0v) is 34.5. The number of aromatic nitrogens is 1. The standard InChI is InChI=1S/C43H47F2N5O6.C2HF3O2/c1-3-50(4-2)20-18-30(19-21-50)56-43(55)48-36-22-27(10-12-31(36)28-8-6-5-7-9-28)11-16-40(53)47-37-24-34(44)29(23-35(37)45)25-46-26-39(52)32-13-15-38(51)42-33(32)14-17-41(54)49-42;3-2(4,5)1(6)7/h5-10,12-15,17,22-24,30,39,46,52H,3-4,11,16,18-21,25-26H2,1-2H3,(H3-,47,48,49,51,53,54,55);(H,6,7)/t39-;/m0./s1. The number of fused-ring (bicyclic) bond motifs is 1. The molecule has 2 heterocycles. The minimum Gasteiger partial charge on any atom is -0.542 e. The molecule has 1 saturated heterocycles. The maximum absolute atomic E-state index is 15.1. The molecule has 0 saturated carbocycles. The SMILES string of the molecule is CC[N+]1(CC)CCC(OC(=O)Nc2cc(CCC(=O)Nc3cc(F)c(CNC[C@H](O)c4ccc(O)c5[nH]c(=O)ccc45)cc3F)ccc2-c2ccccc2)CC1.O=C([O-])C(F)(F)F. The number of benzene rings is 4. The van der Waals surface area contributed by atoms with E-state index >= 15 is 8.78 Å². The minimum absolute atomic E-state index is 0.0117. The van der Waals surface area contributed by atoms with E-state index in [-0.39, 0.29) is 54.6 Å². The Labute approximate surface area is 359 Å². The number of quaternary nitrogens is 1. The highest BCUT2D eigenvalue weighted by atomic mass is 19.4. The Morgan fingerprint density at radius 1 is 0.905 bits per heavy atom. The summed E-state index contributed by atoms with van der Waals surface area (Å²) in [5, 5.41) is 38.4. The summed E-state index contributed by atoms with van der Waals surface area (Å²) in [6.07, 6.45) is -5.15. The number of hydrogen-bond donors (Lipinski definition) is 6. The quantitative estimate of drug-likeness (QED) is 0.0538. The van der Waals surface area contributed by atoms with Crippen LogP contribution in [0.2, 0.25) is 0 Å². The Balaban J connectivity index is 0.000000985. The third-order valence-electron chi connectivity index (χ3n) is 11.1. The number of aromatic hydroxyl groups is 1. The van der Waals surface area contributed by atoms with E-state index in [1.165, 1.54) is 24.3 Å². The summed E-state index contributed by atoms with van der Waals surface area (Å²) in [5.74, 6) is -5.25. The van der Waals surface area contributed by atoms with Gasteiger partial charge in [-0.15, -0.1) is 0 Å². The number of carboxylic acid groups (broad SMARTS) is 1. The van der Waals surface area contributed by atoms with Gasteiger partial charge in [-0.2, -0.15) is 13.2 Å². The Morgan fingerprint density at radius 3 is 2.24 bits per heavy atom. The second kappa shape index (κ2) is 21.1. The number of aliphatic hydroxyl groups excluding tert-OH is 1. The highest BCUT2D eigenvalue weighted by Crippen LogP contribution is 2.31. The van der Waals surface area contributed by atoms with Gasteiger partial charge < -0.3 is 45.0 Å². The predicted octanol–water partition coefficient (Wildman–Crippen LogP) is 6.44. The van der Waals surface area contributed by atoms with Gasteiger partial charge in [-0.25, -0.2) is 13.6 Å². The summed E-state index contributed by atoms with van der Waals surface area (Å²) in [6.45, 7) is 8.27. The van der Waals surface area contributed by atoms with Gasteiger partial charge in [0.25, 0.3) is 0 Å². The van der Waals surface area contributed by atoms with Crippen LogP contribution >= 0.6 is 0 Å². The molecule has 63 heavy (non-hydrogen) atoms. The lowest BCUT2D eigenvalue weighted by Crippen LogP contribution is -2.54. The van der Waals surface area contributed by atoms with Crippen LogP contribution in [0, 0.1) is 11.6 Å². The number of rotatable bonds is 14. The van der Waals surface area contributed by atoms with Crippen LogP contribution < -0.4 is 26.6 Å². The molecule has 1 atom stereocenters. The smallest absolute Gasteiger partial charge is 0.430 e. The van der Waals surface area contributed by atoms with Crippen molar-refractivity contribution in [1.82, 2.24) is 10.3 Å². The first-order chi connectivity index (χ1) is 29.9. The molecular weight excluding hydrogens is 834 g/mol. The number of aryl methyl sites for hydroxylation is 1. The van der Waals surface area contributed by atoms with Gasteiger partial charge in [0.1, 0.15) is 29.5 Å². The largest absolute Gasteiger partial charge is 0.542 e. The summed E-state index contributed by atoms with van der Waals surface area (Å²) in [6, 6.07) is 22.7. The molecule has 1 aromatic heterocycles. The number of aliphatic hydroxyl groups is 1. The number of phenols is 1. The Kier molecular flexibility index (Phi) is 16.0. The molecule has 1 aliphatic heterocycles. The highest BCUT2D eigenvalue weighted by Gasteiger charge is 2.33. The van der Waals surface area contributed by atoms with E-state index in [1.807, 2.05) is 42.5 Å². The maximum atomic E-state index is 15.1. The number of carbonyl (C=O) groups is 3. The van der Waals surface area contributed by atoms with Crippen LogP contribution in [0.5, 0.6) is 5.75 Å². The molecule has 18 heteroatoms. The molecule has 0 radical (unpaired) electrons. The topological polar surface area (TPSA) is 193 Å². The fourth-order valence-corrected chi connectivity index (χ4v) is 7.37. The summed E-state index contributed by atoms with van der Waals surface area (Å²) in [5.41, 5.74) is 2.87. The van der Waals surface area contributed by atoms with E-state index in [2.05, 4.69) is 34.8 Å². The average molecular weight is 882 g/mol. The molecular formula is C45H48F5N5O8. The molecule has 0 unspecified atom stereocenters. The summed E-state index contributed by atoms with van der Waals surface area (Å²) in [4.78, 5) is 49.1. The number of aromatic amines is 1. The van der Waals surface area contributed by atoms with E-state index in [4.69, 9.17) is 14.6 Å². The third kappa shape index (κ3) is 12.8. The average Bonchev–Trinajstić information content (AvgIpc) is 3.25. The van der Waals surface area contributed by atoms with E-state index < -0.39 is 47.4 Å². The van der Waals surface area contributed by atoms with Gasteiger partial charge in [-0.05, 0) is 61.2 Å². The number of likely N-dealkylation sites (tertiary alicyclic amines) is 1. The van der Waals surface area contributed by atoms with Crippen LogP contribution in [0.25, 0.3) is 22.0 Å². The molecule has 5 aromatic rings. The number of halogens is 5. The lowest BCUT2D eigenvalue weighted by molar-refractivity contribution is -0.930. The zero-order chi connectivity index (χ0) is 45.9. The fourth-order valence-electron chi connectivity index (χ4n) is 7.37. The lowest BCUT2D eigenvalue weighted by Gasteiger charge is -2.42. The number of nitrogens with one attached hydrogen (secondary N) is 4. The fraction of sp³-hybridized carbons (Fsp3) is 0.333. The van der Waals surface area contributed by atoms with E-state index in [1.54, 1.807) is 6.07 Å². The van der Waals surface area contributed by atoms with E-state index in [9.17, 15) is 37.8 Å². The Morgan fingerprint density at radius 2 is 1.59 bits per heavy atom. The number of hydrogen-bond acceptors (Lipinski definition) is 9. The zero-order valence-electron chi connectivity index (χ0n) is 34.5. The van der Waals surface area contributed by atoms with Gasteiger partial charge in [-0.1, -0.05) is 48.5 Å². The number of carbonyl (C=O) groups excluding carboxylic acids is 3. The molecule has 1 aliphatic rings. The molecule has 4 aromatic carbocycles. The van der Waals surface area contributed by atoms with Gasteiger partial charge in [0.05, 0.1) is 49.2 Å². The molecule has 1 fully saturated rings. The highest BCUT2D eigenvalue weighted by molar-refractivity contribution is 5.93. The van der Waals surface area contributed by atoms with Crippen molar-refractivity contribution in [2.45, 2.75) is 64.5 Å². The van der Waals surface area contributed by atoms with Gasteiger partial charge in [0.15, 0.2) is 0 Å². The monoisotopic (exact) mass is 881 g/mol. The number of piperidine rings is 1. The van der Waals surface area contributed by atoms with Crippen molar-refractivity contribution in [3.63, 3.8) is 0 Å². The predicted molar refractivity (Wildman–Crippen MR) is 223 cm³/mol. The number of phenolic OH excluding ortho intramolecular Hbond substituents is 1. The first kappa shape index (κ1) is 47.7. The number of nitrogens with zero attached hydrogens (tertiary/aromatic N) is 1. The minimum atomic E-state index is -5.19. The number of pyridine rings is 1. The van der Waals surface area contributed by atoms with Gasteiger partial charge in [0, 0.05) is 61.0 Å². The maximum Gasteiger partial charge on any atom is 0.430 e. The van der Waals surface area contributed by atoms with Crippen molar-refractivity contribution >= 4 is 40.2 Å². The number of alkyl halides is 3. The molecule has 13 nitrogen and oxygen atoms in total. The van der Waals surface area contributed by atoms with Crippen LogP contribution in [0.15, 0.2) is 89.7 Å². The van der Waals surface area contributed by atoms with Gasteiger partial charge in [-0.3, -0.25) is 14.9 Å². The number of ether oxygens (including phenoxy) is 1. The van der Waals surface area contributed by atoms with Crippen LogP contribution in [-0.2, 0) is 27.3 Å². The lowest BCUT2D eigenvalue weighted by atomic mass is 9.99. The molecule has 2 amide bonds.